The molecule has 0 aromatic heterocycles. The Labute approximate surface area is 95.2 Å². The third-order valence-corrected chi connectivity index (χ3v) is 1.97. The van der Waals surface area contributed by atoms with E-state index in [-0.39, 0.29) is 5.69 Å². The van der Waals surface area contributed by atoms with Crippen LogP contribution in [0.1, 0.15) is 26.2 Å². The number of halogens is 1. The Morgan fingerprint density at radius 2 is 1.87 bits per heavy atom. The van der Waals surface area contributed by atoms with Gasteiger partial charge < -0.3 is 0 Å². The van der Waals surface area contributed by atoms with Crippen LogP contribution in [-0.2, 0) is 0 Å². The highest BCUT2D eigenvalue weighted by Gasteiger charge is 1.98. The van der Waals surface area contributed by atoms with Crippen molar-refractivity contribution in [2.24, 2.45) is 0 Å². The van der Waals surface area contributed by atoms with Gasteiger partial charge in [0.15, 0.2) is 0 Å². The van der Waals surface area contributed by atoms with Crippen molar-refractivity contribution >= 4 is 17.3 Å². The third-order valence-electron chi connectivity index (χ3n) is 1.70. The highest BCUT2D eigenvalue weighted by Crippen LogP contribution is 2.06. The number of benzene rings is 1. The SMILES string of the molecule is CCCCCCl.O=[N+]([O-])c1ccccc1. The molecule has 0 atom stereocenters. The molecule has 0 heterocycles. The van der Waals surface area contributed by atoms with Crippen LogP contribution >= 0.6 is 11.6 Å². The van der Waals surface area contributed by atoms with Gasteiger partial charge in [-0.05, 0) is 6.42 Å². The number of nitro groups is 1. The standard InChI is InChI=1S/C6H5NO2.C5H11Cl/c8-7(9)6-4-2-1-3-5-6;1-2-3-4-5-6/h1-5H;2-5H2,1H3. The van der Waals surface area contributed by atoms with Crippen LogP contribution in [-0.4, -0.2) is 10.8 Å². The summed E-state index contributed by atoms with van der Waals surface area (Å²) in [6.07, 6.45) is 3.73. The first-order valence-electron chi connectivity index (χ1n) is 4.97. The van der Waals surface area contributed by atoms with E-state index in [0.29, 0.717) is 0 Å². The Hall–Kier alpha value is -1.09. The first-order chi connectivity index (χ1) is 7.22. The number of nitrogens with zero attached hydrogens (tertiary/aromatic N) is 1. The van der Waals surface area contributed by atoms with E-state index in [0.717, 1.165) is 5.88 Å². The number of nitro benzene ring substituents is 1. The fourth-order valence-corrected chi connectivity index (χ4v) is 1.08. The molecule has 0 amide bonds. The molecule has 0 aliphatic carbocycles. The minimum Gasteiger partial charge on any atom is -0.258 e. The largest absolute Gasteiger partial charge is 0.269 e. The first-order valence-corrected chi connectivity index (χ1v) is 5.51. The van der Waals surface area contributed by atoms with Gasteiger partial charge in [-0.1, -0.05) is 38.0 Å². The van der Waals surface area contributed by atoms with Gasteiger partial charge in [-0.3, -0.25) is 10.1 Å². The van der Waals surface area contributed by atoms with Gasteiger partial charge >= 0.3 is 0 Å². The molecule has 0 aliphatic heterocycles. The Bertz CT molecular complexity index is 261. The minimum atomic E-state index is -0.417. The Kier molecular flexibility index (Phi) is 8.78. The summed E-state index contributed by atoms with van der Waals surface area (Å²) in [5, 5.41) is 10.0. The molecule has 0 aliphatic rings. The maximum atomic E-state index is 10.0. The maximum absolute atomic E-state index is 10.0. The lowest BCUT2D eigenvalue weighted by Gasteiger charge is -1.85. The van der Waals surface area contributed by atoms with E-state index in [4.69, 9.17) is 11.6 Å². The van der Waals surface area contributed by atoms with Crippen molar-refractivity contribution in [2.75, 3.05) is 5.88 Å². The van der Waals surface area contributed by atoms with Crippen LogP contribution in [0.4, 0.5) is 5.69 Å². The van der Waals surface area contributed by atoms with Crippen molar-refractivity contribution in [3.8, 4) is 0 Å². The third kappa shape index (κ3) is 7.94. The van der Waals surface area contributed by atoms with Crippen LogP contribution in [0, 0.1) is 10.1 Å². The van der Waals surface area contributed by atoms with Gasteiger partial charge in [0, 0.05) is 18.0 Å². The second kappa shape index (κ2) is 9.46. The number of hydrogen-bond acceptors (Lipinski definition) is 2. The van der Waals surface area contributed by atoms with Gasteiger partial charge in [-0.2, -0.15) is 0 Å². The Balaban J connectivity index is 0.000000288. The van der Waals surface area contributed by atoms with Crippen LogP contribution in [0.15, 0.2) is 30.3 Å². The molecule has 3 nitrogen and oxygen atoms in total. The van der Waals surface area contributed by atoms with Crippen LogP contribution in [0.2, 0.25) is 0 Å². The number of rotatable bonds is 4. The van der Waals surface area contributed by atoms with E-state index in [2.05, 4.69) is 6.92 Å². The molecule has 0 N–H and O–H groups in total. The average Bonchev–Trinajstić information content (AvgIpc) is 2.28. The molecule has 0 bridgehead atoms. The quantitative estimate of drug-likeness (QED) is 0.339. The van der Waals surface area contributed by atoms with Crippen LogP contribution in [0.3, 0.4) is 0 Å². The number of unbranched alkanes of at least 4 members (excludes halogenated alkanes) is 2. The molecule has 1 rings (SSSR count). The molecule has 1 aromatic carbocycles. The molecule has 0 fully saturated rings. The predicted octanol–water partition coefficient (Wildman–Crippen LogP) is 4.01. The number of alkyl halides is 1. The average molecular weight is 230 g/mol. The molecule has 84 valence electrons. The van der Waals surface area contributed by atoms with E-state index in [1.165, 1.54) is 31.4 Å². The summed E-state index contributed by atoms with van der Waals surface area (Å²) < 4.78 is 0. The molecule has 0 spiro atoms. The summed E-state index contributed by atoms with van der Waals surface area (Å²) in [4.78, 5) is 9.59. The predicted molar refractivity (Wildman–Crippen MR) is 63.3 cm³/mol. The molecule has 4 heteroatoms. The number of para-hydroxylation sites is 1. The van der Waals surface area contributed by atoms with Gasteiger partial charge in [0.1, 0.15) is 0 Å². The molecule has 1 aromatic rings. The maximum Gasteiger partial charge on any atom is 0.269 e. The minimum absolute atomic E-state index is 0.137. The van der Waals surface area contributed by atoms with E-state index in [9.17, 15) is 10.1 Å². The number of hydrogen-bond donors (Lipinski definition) is 0. The van der Waals surface area contributed by atoms with Crippen LogP contribution in [0.25, 0.3) is 0 Å². The summed E-state index contributed by atoms with van der Waals surface area (Å²) >= 11 is 5.38. The van der Waals surface area contributed by atoms with Crippen molar-refractivity contribution in [3.63, 3.8) is 0 Å². The van der Waals surface area contributed by atoms with Gasteiger partial charge in [-0.25, -0.2) is 0 Å². The summed E-state index contributed by atoms with van der Waals surface area (Å²) in [5.41, 5.74) is 0.137. The lowest BCUT2D eigenvalue weighted by atomic mass is 10.3. The number of non-ortho nitro benzene ring substituents is 1. The molecular formula is C11H16ClNO2. The molecule has 15 heavy (non-hydrogen) atoms. The normalized spacial score (nSPS) is 8.93. The second-order valence-corrected chi connectivity index (χ2v) is 3.37. The van der Waals surface area contributed by atoms with Crippen molar-refractivity contribution in [1.29, 1.82) is 0 Å². The highest BCUT2D eigenvalue weighted by molar-refractivity contribution is 6.17. The van der Waals surface area contributed by atoms with E-state index >= 15 is 0 Å². The van der Waals surface area contributed by atoms with Crippen LogP contribution < -0.4 is 0 Å². The van der Waals surface area contributed by atoms with Crippen molar-refractivity contribution in [3.05, 3.63) is 40.4 Å². The van der Waals surface area contributed by atoms with Gasteiger partial charge in [-0.15, -0.1) is 11.6 Å². The van der Waals surface area contributed by atoms with Gasteiger partial charge in [0.05, 0.1) is 4.92 Å². The molecule has 0 unspecified atom stereocenters. The fourth-order valence-electron chi connectivity index (χ4n) is 0.894. The summed E-state index contributed by atoms with van der Waals surface area (Å²) in [5.74, 6) is 0.827. The van der Waals surface area contributed by atoms with E-state index in [1.807, 2.05) is 0 Å². The van der Waals surface area contributed by atoms with Crippen LogP contribution in [0.5, 0.6) is 0 Å². The zero-order valence-electron chi connectivity index (χ0n) is 8.86. The lowest BCUT2D eigenvalue weighted by molar-refractivity contribution is -0.384. The molecule has 0 radical (unpaired) electrons. The highest BCUT2D eigenvalue weighted by atomic mass is 35.5. The zero-order chi connectivity index (χ0) is 11.5. The molecule has 0 saturated carbocycles. The Morgan fingerprint density at radius 3 is 2.13 bits per heavy atom. The van der Waals surface area contributed by atoms with E-state index in [1.54, 1.807) is 18.2 Å². The molecule has 0 saturated heterocycles. The summed E-state index contributed by atoms with van der Waals surface area (Å²) in [6, 6.07) is 7.93. The smallest absolute Gasteiger partial charge is 0.258 e. The zero-order valence-corrected chi connectivity index (χ0v) is 9.61. The fraction of sp³-hybridized carbons (Fsp3) is 0.455. The summed E-state index contributed by atoms with van der Waals surface area (Å²) in [6.45, 7) is 2.17. The monoisotopic (exact) mass is 229 g/mol. The Morgan fingerprint density at radius 1 is 1.27 bits per heavy atom. The van der Waals surface area contributed by atoms with Gasteiger partial charge in [0.25, 0.3) is 5.69 Å². The second-order valence-electron chi connectivity index (χ2n) is 2.99. The summed E-state index contributed by atoms with van der Waals surface area (Å²) in [7, 11) is 0. The van der Waals surface area contributed by atoms with Crippen molar-refractivity contribution in [2.45, 2.75) is 26.2 Å². The first kappa shape index (κ1) is 13.9. The van der Waals surface area contributed by atoms with Crippen molar-refractivity contribution < 1.29 is 4.92 Å². The van der Waals surface area contributed by atoms with E-state index < -0.39 is 4.92 Å². The molecular weight excluding hydrogens is 214 g/mol. The lowest BCUT2D eigenvalue weighted by Crippen LogP contribution is -1.84. The van der Waals surface area contributed by atoms with Gasteiger partial charge in [0.2, 0.25) is 0 Å². The van der Waals surface area contributed by atoms with Crippen molar-refractivity contribution in [1.82, 2.24) is 0 Å². The topological polar surface area (TPSA) is 43.1 Å².